The van der Waals surface area contributed by atoms with Crippen molar-refractivity contribution in [3.05, 3.63) is 30.3 Å². The van der Waals surface area contributed by atoms with Crippen molar-refractivity contribution >= 4 is 15.7 Å². The van der Waals surface area contributed by atoms with Gasteiger partial charge in [0.2, 0.25) is 10.0 Å². The van der Waals surface area contributed by atoms with Crippen LogP contribution in [0.15, 0.2) is 30.3 Å². The van der Waals surface area contributed by atoms with E-state index in [0.29, 0.717) is 12.6 Å². The maximum absolute atomic E-state index is 12.1. The molecule has 1 fully saturated rings. The van der Waals surface area contributed by atoms with Crippen LogP contribution in [0.1, 0.15) is 27.2 Å². The first-order valence-corrected chi connectivity index (χ1v) is 9.46. The summed E-state index contributed by atoms with van der Waals surface area (Å²) in [5.41, 5.74) is 1.14. The molecule has 1 saturated heterocycles. The van der Waals surface area contributed by atoms with Crippen molar-refractivity contribution in [3.63, 3.8) is 0 Å². The number of ether oxygens (including phenoxy) is 1. The second-order valence-electron chi connectivity index (χ2n) is 6.13. The molecular formula is C16H26N2O3S. The molecule has 0 unspecified atom stereocenters. The zero-order valence-corrected chi connectivity index (χ0v) is 14.3. The fourth-order valence-corrected chi connectivity index (χ4v) is 3.91. The van der Waals surface area contributed by atoms with Crippen molar-refractivity contribution in [1.82, 2.24) is 4.72 Å². The number of hydrogen-bond acceptors (Lipinski definition) is 4. The number of hydrogen-bond donors (Lipinski definition) is 1. The first kappa shape index (κ1) is 17.2. The molecule has 0 radical (unpaired) electrons. The quantitative estimate of drug-likeness (QED) is 0.832. The van der Waals surface area contributed by atoms with Crippen LogP contribution in [0.25, 0.3) is 0 Å². The molecule has 1 N–H and O–H groups in total. The van der Waals surface area contributed by atoms with Crippen LogP contribution in [-0.4, -0.2) is 45.5 Å². The minimum Gasteiger partial charge on any atom is -0.378 e. The summed E-state index contributed by atoms with van der Waals surface area (Å²) in [6, 6.07) is 10.4. The van der Waals surface area contributed by atoms with Crippen molar-refractivity contribution in [2.75, 3.05) is 23.8 Å². The molecule has 2 rings (SSSR count). The average Bonchev–Trinajstić information content (AvgIpc) is 2.79. The van der Waals surface area contributed by atoms with E-state index >= 15 is 0 Å². The Bertz CT molecular complexity index is 560. The average molecular weight is 326 g/mol. The Morgan fingerprint density at radius 2 is 2.00 bits per heavy atom. The molecule has 1 aromatic rings. The van der Waals surface area contributed by atoms with Crippen molar-refractivity contribution in [2.24, 2.45) is 0 Å². The lowest BCUT2D eigenvalue weighted by Crippen LogP contribution is -2.39. The molecule has 0 aliphatic carbocycles. The van der Waals surface area contributed by atoms with Crippen molar-refractivity contribution in [1.29, 1.82) is 0 Å². The highest BCUT2D eigenvalue weighted by Gasteiger charge is 2.31. The van der Waals surface area contributed by atoms with Crippen LogP contribution in [0.5, 0.6) is 0 Å². The summed E-state index contributed by atoms with van der Waals surface area (Å²) in [6.07, 6.45) is 0.870. The molecule has 1 aromatic carbocycles. The molecule has 0 amide bonds. The van der Waals surface area contributed by atoms with Gasteiger partial charge < -0.3 is 9.64 Å². The van der Waals surface area contributed by atoms with Gasteiger partial charge in [-0.15, -0.1) is 0 Å². The van der Waals surface area contributed by atoms with E-state index < -0.39 is 10.0 Å². The van der Waals surface area contributed by atoms with Crippen LogP contribution >= 0.6 is 0 Å². The summed E-state index contributed by atoms with van der Waals surface area (Å²) in [6.45, 7) is 6.86. The van der Waals surface area contributed by atoms with Gasteiger partial charge in [-0.3, -0.25) is 0 Å². The van der Waals surface area contributed by atoms with Gasteiger partial charge in [-0.1, -0.05) is 18.2 Å². The number of nitrogens with one attached hydrogen (secondary N) is 1. The highest BCUT2D eigenvalue weighted by atomic mass is 32.2. The predicted octanol–water partition coefficient (Wildman–Crippen LogP) is 2.00. The zero-order valence-electron chi connectivity index (χ0n) is 13.5. The van der Waals surface area contributed by atoms with Gasteiger partial charge in [0, 0.05) is 24.3 Å². The molecule has 22 heavy (non-hydrogen) atoms. The zero-order chi connectivity index (χ0) is 16.2. The van der Waals surface area contributed by atoms with Crippen LogP contribution in [0.4, 0.5) is 5.69 Å². The van der Waals surface area contributed by atoms with Gasteiger partial charge in [0.25, 0.3) is 0 Å². The molecule has 0 aromatic heterocycles. The molecule has 1 aliphatic rings. The summed E-state index contributed by atoms with van der Waals surface area (Å²) in [5, 5.41) is 0. The SMILES string of the molecule is CC(C)OCCS(=O)(=O)N[C@@H]1C[C@H](C)N(c2ccccc2)C1. The van der Waals surface area contributed by atoms with E-state index in [2.05, 4.69) is 28.7 Å². The highest BCUT2D eigenvalue weighted by molar-refractivity contribution is 7.89. The van der Waals surface area contributed by atoms with E-state index in [1.54, 1.807) is 0 Å². The Labute approximate surface area is 133 Å². The summed E-state index contributed by atoms with van der Waals surface area (Å²) >= 11 is 0. The Balaban J connectivity index is 1.89. The maximum Gasteiger partial charge on any atom is 0.214 e. The second-order valence-corrected chi connectivity index (χ2v) is 8.00. The lowest BCUT2D eigenvalue weighted by molar-refractivity contribution is 0.0911. The number of sulfonamides is 1. The predicted molar refractivity (Wildman–Crippen MR) is 89.7 cm³/mol. The van der Waals surface area contributed by atoms with Gasteiger partial charge in [0.1, 0.15) is 0 Å². The van der Waals surface area contributed by atoms with Crippen LogP contribution in [-0.2, 0) is 14.8 Å². The van der Waals surface area contributed by atoms with Crippen LogP contribution in [0.2, 0.25) is 0 Å². The molecule has 0 bridgehead atoms. The van der Waals surface area contributed by atoms with E-state index in [4.69, 9.17) is 4.74 Å². The van der Waals surface area contributed by atoms with E-state index in [1.807, 2.05) is 32.0 Å². The van der Waals surface area contributed by atoms with E-state index in [9.17, 15) is 8.42 Å². The molecule has 6 heteroatoms. The summed E-state index contributed by atoms with van der Waals surface area (Å²) in [4.78, 5) is 2.25. The summed E-state index contributed by atoms with van der Waals surface area (Å²) < 4.78 is 32.4. The summed E-state index contributed by atoms with van der Waals surface area (Å²) in [7, 11) is -3.29. The Morgan fingerprint density at radius 1 is 1.32 bits per heavy atom. The van der Waals surface area contributed by atoms with Gasteiger partial charge in [0.05, 0.1) is 18.5 Å². The third-order valence-corrected chi connectivity index (χ3v) is 5.21. The fourth-order valence-electron chi connectivity index (χ4n) is 2.80. The van der Waals surface area contributed by atoms with Gasteiger partial charge >= 0.3 is 0 Å². The normalized spacial score (nSPS) is 22.5. The lowest BCUT2D eigenvalue weighted by Gasteiger charge is -2.23. The van der Waals surface area contributed by atoms with E-state index in [-0.39, 0.29) is 24.5 Å². The topological polar surface area (TPSA) is 58.6 Å². The van der Waals surface area contributed by atoms with Crippen molar-refractivity contribution < 1.29 is 13.2 Å². The number of benzene rings is 1. The van der Waals surface area contributed by atoms with Gasteiger partial charge in [-0.05, 0) is 39.3 Å². The number of nitrogens with zero attached hydrogens (tertiary/aromatic N) is 1. The summed E-state index contributed by atoms with van der Waals surface area (Å²) in [5.74, 6) is 0.0153. The Hall–Kier alpha value is -1.11. The van der Waals surface area contributed by atoms with Gasteiger partial charge in [-0.2, -0.15) is 0 Å². The molecule has 0 saturated carbocycles. The van der Waals surface area contributed by atoms with E-state index in [0.717, 1.165) is 12.1 Å². The Morgan fingerprint density at radius 3 is 2.64 bits per heavy atom. The van der Waals surface area contributed by atoms with Crippen LogP contribution < -0.4 is 9.62 Å². The minimum atomic E-state index is -3.29. The smallest absolute Gasteiger partial charge is 0.214 e. The lowest BCUT2D eigenvalue weighted by atomic mass is 10.2. The number of para-hydroxylation sites is 1. The number of rotatable bonds is 7. The monoisotopic (exact) mass is 326 g/mol. The standard InChI is InChI=1S/C16H26N2O3S/c1-13(2)21-9-10-22(19,20)17-15-11-14(3)18(12-15)16-7-5-4-6-8-16/h4-8,13-15,17H,9-12H2,1-3H3/t14-,15+/m0/s1. The Kier molecular flexibility index (Phi) is 5.83. The largest absolute Gasteiger partial charge is 0.378 e. The highest BCUT2D eigenvalue weighted by Crippen LogP contribution is 2.25. The van der Waals surface area contributed by atoms with Crippen LogP contribution in [0.3, 0.4) is 0 Å². The molecule has 124 valence electrons. The molecule has 2 atom stereocenters. The minimum absolute atomic E-state index is 0.0153. The molecule has 5 nitrogen and oxygen atoms in total. The maximum atomic E-state index is 12.1. The first-order chi connectivity index (χ1) is 10.4. The van der Waals surface area contributed by atoms with Crippen molar-refractivity contribution in [3.8, 4) is 0 Å². The van der Waals surface area contributed by atoms with E-state index in [1.165, 1.54) is 0 Å². The molecule has 1 heterocycles. The third kappa shape index (κ3) is 4.97. The van der Waals surface area contributed by atoms with Crippen molar-refractivity contribution in [2.45, 2.75) is 45.4 Å². The second kappa shape index (κ2) is 7.44. The molecular weight excluding hydrogens is 300 g/mol. The molecule has 0 spiro atoms. The number of anilines is 1. The first-order valence-electron chi connectivity index (χ1n) is 7.80. The molecule has 1 aliphatic heterocycles. The van der Waals surface area contributed by atoms with Crippen LogP contribution in [0, 0.1) is 0 Å². The van der Waals surface area contributed by atoms with Gasteiger partial charge in [-0.25, -0.2) is 13.1 Å². The fraction of sp³-hybridized carbons (Fsp3) is 0.625. The van der Waals surface area contributed by atoms with Gasteiger partial charge in [0.15, 0.2) is 0 Å². The third-order valence-electron chi connectivity index (χ3n) is 3.81.